The maximum atomic E-state index is 9.91. The summed E-state index contributed by atoms with van der Waals surface area (Å²) in [5.74, 6) is 0.792. The van der Waals surface area contributed by atoms with E-state index in [-0.39, 0.29) is 12.7 Å². The Balaban J connectivity index is 2.26. The van der Waals surface area contributed by atoms with Crippen molar-refractivity contribution in [2.45, 2.75) is 26.1 Å². The van der Waals surface area contributed by atoms with Gasteiger partial charge in [0.1, 0.15) is 18.5 Å². The molecule has 2 unspecified atom stereocenters. The molecular weight excluding hydrogens is 270 g/mol. The molecule has 0 saturated heterocycles. The van der Waals surface area contributed by atoms with Crippen LogP contribution < -0.4 is 10.1 Å². The largest absolute Gasteiger partial charge is 0.491 e. The van der Waals surface area contributed by atoms with E-state index < -0.39 is 6.10 Å². The fourth-order valence-electron chi connectivity index (χ4n) is 2.07. The number of ether oxygens (including phenoxy) is 3. The number of hydrogen-bond acceptors (Lipinski definition) is 5. The minimum absolute atomic E-state index is 0.0115. The van der Waals surface area contributed by atoms with E-state index in [1.807, 2.05) is 26.0 Å². The standard InChI is InChI=1S/C16H27NO4/c1-12-5-13(2)7-15(6-12)21-10-14(18)8-17-9-16(20-4)11-19-3/h5-7,14,16-18H,8-11H2,1-4H3. The first-order valence-electron chi connectivity index (χ1n) is 7.16. The lowest BCUT2D eigenvalue weighted by molar-refractivity contribution is 0.0257. The summed E-state index contributed by atoms with van der Waals surface area (Å²) >= 11 is 0. The SMILES string of the molecule is COCC(CNCC(O)COc1cc(C)cc(C)c1)OC. The summed E-state index contributed by atoms with van der Waals surface area (Å²) in [6, 6.07) is 6.02. The predicted molar refractivity (Wildman–Crippen MR) is 83.0 cm³/mol. The Morgan fingerprint density at radius 3 is 2.29 bits per heavy atom. The molecule has 1 aromatic rings. The highest BCUT2D eigenvalue weighted by molar-refractivity contribution is 5.32. The van der Waals surface area contributed by atoms with Gasteiger partial charge in [-0.05, 0) is 37.1 Å². The Kier molecular flexibility index (Phi) is 8.30. The summed E-state index contributed by atoms with van der Waals surface area (Å²) in [6.45, 7) is 5.92. The number of aliphatic hydroxyl groups excluding tert-OH is 1. The lowest BCUT2D eigenvalue weighted by Crippen LogP contribution is -2.38. The summed E-state index contributed by atoms with van der Waals surface area (Å²) in [4.78, 5) is 0. The van der Waals surface area contributed by atoms with Crippen LogP contribution in [0.2, 0.25) is 0 Å². The Labute approximate surface area is 127 Å². The molecule has 0 spiro atoms. The maximum Gasteiger partial charge on any atom is 0.119 e. The molecule has 0 amide bonds. The summed E-state index contributed by atoms with van der Waals surface area (Å²) < 4.78 is 15.9. The maximum absolute atomic E-state index is 9.91. The fraction of sp³-hybridized carbons (Fsp3) is 0.625. The van der Waals surface area contributed by atoms with Gasteiger partial charge in [-0.25, -0.2) is 0 Å². The summed E-state index contributed by atoms with van der Waals surface area (Å²) in [5, 5.41) is 13.1. The molecule has 2 atom stereocenters. The lowest BCUT2D eigenvalue weighted by Gasteiger charge is -2.17. The van der Waals surface area contributed by atoms with Gasteiger partial charge in [0, 0.05) is 27.3 Å². The van der Waals surface area contributed by atoms with Gasteiger partial charge in [-0.3, -0.25) is 0 Å². The van der Waals surface area contributed by atoms with Crippen LogP contribution >= 0.6 is 0 Å². The van der Waals surface area contributed by atoms with Crippen LogP contribution in [0.1, 0.15) is 11.1 Å². The minimum Gasteiger partial charge on any atom is -0.491 e. The third kappa shape index (κ3) is 7.43. The quantitative estimate of drug-likeness (QED) is 0.681. The van der Waals surface area contributed by atoms with Gasteiger partial charge in [0.25, 0.3) is 0 Å². The van der Waals surface area contributed by atoms with Crippen molar-refractivity contribution >= 4 is 0 Å². The van der Waals surface area contributed by atoms with Crippen molar-refractivity contribution in [3.8, 4) is 5.75 Å². The molecular formula is C16H27NO4. The Bertz CT molecular complexity index is 391. The van der Waals surface area contributed by atoms with Crippen LogP contribution in [-0.4, -0.2) is 57.8 Å². The molecule has 1 rings (SSSR count). The van der Waals surface area contributed by atoms with E-state index in [2.05, 4.69) is 11.4 Å². The first kappa shape index (κ1) is 17.9. The average Bonchev–Trinajstić information content (AvgIpc) is 2.43. The highest BCUT2D eigenvalue weighted by atomic mass is 16.5. The molecule has 0 bridgehead atoms. The van der Waals surface area contributed by atoms with Crippen LogP contribution in [0.25, 0.3) is 0 Å². The van der Waals surface area contributed by atoms with Crippen LogP contribution in [0.5, 0.6) is 5.75 Å². The lowest BCUT2D eigenvalue weighted by atomic mass is 10.1. The normalized spacial score (nSPS) is 14.0. The molecule has 5 heteroatoms. The molecule has 0 aliphatic carbocycles. The molecule has 0 aliphatic rings. The molecule has 2 N–H and O–H groups in total. The molecule has 0 aliphatic heterocycles. The van der Waals surface area contributed by atoms with Gasteiger partial charge in [0.2, 0.25) is 0 Å². The molecule has 5 nitrogen and oxygen atoms in total. The van der Waals surface area contributed by atoms with Gasteiger partial charge in [0.15, 0.2) is 0 Å². The number of aryl methyl sites for hydroxylation is 2. The van der Waals surface area contributed by atoms with Crippen molar-refractivity contribution in [1.82, 2.24) is 5.32 Å². The summed E-state index contributed by atoms with van der Waals surface area (Å²) in [5.41, 5.74) is 2.31. The van der Waals surface area contributed by atoms with Crippen molar-refractivity contribution in [1.29, 1.82) is 0 Å². The zero-order valence-corrected chi connectivity index (χ0v) is 13.4. The molecule has 0 radical (unpaired) electrons. The molecule has 21 heavy (non-hydrogen) atoms. The van der Waals surface area contributed by atoms with Gasteiger partial charge in [0.05, 0.1) is 12.7 Å². The second-order valence-electron chi connectivity index (χ2n) is 5.26. The van der Waals surface area contributed by atoms with Gasteiger partial charge < -0.3 is 24.6 Å². The first-order valence-corrected chi connectivity index (χ1v) is 7.16. The predicted octanol–water partition coefficient (Wildman–Crippen LogP) is 1.29. The zero-order chi connectivity index (χ0) is 15.7. The van der Waals surface area contributed by atoms with Crippen LogP contribution in [0.4, 0.5) is 0 Å². The van der Waals surface area contributed by atoms with Crippen LogP contribution in [0, 0.1) is 13.8 Å². The average molecular weight is 297 g/mol. The van der Waals surface area contributed by atoms with E-state index in [0.717, 1.165) is 16.9 Å². The molecule has 0 aromatic heterocycles. The van der Waals surface area contributed by atoms with Crippen molar-refractivity contribution in [2.75, 3.05) is 40.5 Å². The van der Waals surface area contributed by atoms with Gasteiger partial charge in [-0.15, -0.1) is 0 Å². The number of rotatable bonds is 10. The number of methoxy groups -OCH3 is 2. The van der Waals surface area contributed by atoms with Crippen molar-refractivity contribution in [3.05, 3.63) is 29.3 Å². The number of aliphatic hydroxyl groups is 1. The van der Waals surface area contributed by atoms with E-state index >= 15 is 0 Å². The van der Waals surface area contributed by atoms with E-state index in [1.165, 1.54) is 0 Å². The molecule has 120 valence electrons. The van der Waals surface area contributed by atoms with Crippen molar-refractivity contribution in [2.24, 2.45) is 0 Å². The monoisotopic (exact) mass is 297 g/mol. The Hall–Kier alpha value is -1.14. The van der Waals surface area contributed by atoms with Crippen LogP contribution in [0.3, 0.4) is 0 Å². The molecule has 0 heterocycles. The molecule has 0 fully saturated rings. The van der Waals surface area contributed by atoms with E-state index in [1.54, 1.807) is 14.2 Å². The van der Waals surface area contributed by atoms with Crippen LogP contribution in [0.15, 0.2) is 18.2 Å². The zero-order valence-electron chi connectivity index (χ0n) is 13.4. The van der Waals surface area contributed by atoms with Gasteiger partial charge >= 0.3 is 0 Å². The summed E-state index contributed by atoms with van der Waals surface area (Å²) in [6.07, 6.45) is -0.576. The summed E-state index contributed by atoms with van der Waals surface area (Å²) in [7, 11) is 3.28. The fourth-order valence-corrected chi connectivity index (χ4v) is 2.07. The highest BCUT2D eigenvalue weighted by Gasteiger charge is 2.09. The van der Waals surface area contributed by atoms with E-state index in [9.17, 15) is 5.11 Å². The number of nitrogens with one attached hydrogen (secondary N) is 1. The second kappa shape index (κ2) is 9.73. The van der Waals surface area contributed by atoms with Crippen LogP contribution in [-0.2, 0) is 9.47 Å². The Morgan fingerprint density at radius 1 is 1.05 bits per heavy atom. The minimum atomic E-state index is -0.564. The van der Waals surface area contributed by atoms with E-state index in [4.69, 9.17) is 14.2 Å². The van der Waals surface area contributed by atoms with Gasteiger partial charge in [-0.2, -0.15) is 0 Å². The molecule has 0 saturated carbocycles. The highest BCUT2D eigenvalue weighted by Crippen LogP contribution is 2.16. The third-order valence-corrected chi connectivity index (χ3v) is 3.08. The number of hydrogen-bond donors (Lipinski definition) is 2. The second-order valence-corrected chi connectivity index (χ2v) is 5.26. The smallest absolute Gasteiger partial charge is 0.119 e. The van der Waals surface area contributed by atoms with Crippen molar-refractivity contribution in [3.63, 3.8) is 0 Å². The Morgan fingerprint density at radius 2 is 1.71 bits per heavy atom. The van der Waals surface area contributed by atoms with Crippen molar-refractivity contribution < 1.29 is 19.3 Å². The topological polar surface area (TPSA) is 60.0 Å². The molecule has 1 aromatic carbocycles. The third-order valence-electron chi connectivity index (χ3n) is 3.08. The van der Waals surface area contributed by atoms with E-state index in [0.29, 0.717) is 19.7 Å². The van der Waals surface area contributed by atoms with Gasteiger partial charge in [-0.1, -0.05) is 6.07 Å². The first-order chi connectivity index (χ1) is 10.0. The number of benzene rings is 1.